The molecular weight excluding hydrogens is 240 g/mol. The highest BCUT2D eigenvalue weighted by atomic mass is 32.1. The van der Waals surface area contributed by atoms with Gasteiger partial charge in [0.25, 0.3) is 0 Å². The van der Waals surface area contributed by atoms with Crippen LogP contribution in [-0.2, 0) is 13.0 Å². The minimum atomic E-state index is 0.930. The van der Waals surface area contributed by atoms with Crippen LogP contribution < -0.4 is 5.32 Å². The van der Waals surface area contributed by atoms with Crippen molar-refractivity contribution in [1.82, 2.24) is 10.3 Å². The van der Waals surface area contributed by atoms with Gasteiger partial charge < -0.3 is 10.3 Å². The Balaban J connectivity index is 1.53. The smallest absolute Gasteiger partial charge is 0.0457 e. The SMILES string of the molecule is c1cc2ccc(CNCCc3ccsc3)cc2[nH]1. The summed E-state index contributed by atoms with van der Waals surface area (Å²) in [6.07, 6.45) is 3.09. The molecule has 0 saturated heterocycles. The van der Waals surface area contributed by atoms with Crippen LogP contribution in [0.1, 0.15) is 11.1 Å². The Morgan fingerprint density at radius 3 is 3.00 bits per heavy atom. The van der Waals surface area contributed by atoms with Crippen LogP contribution in [-0.4, -0.2) is 11.5 Å². The summed E-state index contributed by atoms with van der Waals surface area (Å²) in [5.74, 6) is 0. The van der Waals surface area contributed by atoms with Gasteiger partial charge in [-0.1, -0.05) is 12.1 Å². The van der Waals surface area contributed by atoms with Crippen molar-refractivity contribution in [1.29, 1.82) is 0 Å². The zero-order valence-corrected chi connectivity index (χ0v) is 11.0. The van der Waals surface area contributed by atoms with Crippen molar-refractivity contribution in [2.75, 3.05) is 6.54 Å². The zero-order chi connectivity index (χ0) is 12.2. The molecule has 0 amide bonds. The van der Waals surface area contributed by atoms with Crippen LogP contribution in [0, 0.1) is 0 Å². The number of rotatable bonds is 5. The van der Waals surface area contributed by atoms with Crippen LogP contribution in [0.5, 0.6) is 0 Å². The molecule has 0 aliphatic rings. The van der Waals surface area contributed by atoms with E-state index in [9.17, 15) is 0 Å². The fourth-order valence-electron chi connectivity index (χ4n) is 2.11. The van der Waals surface area contributed by atoms with Gasteiger partial charge in [-0.25, -0.2) is 0 Å². The summed E-state index contributed by atoms with van der Waals surface area (Å²) in [4.78, 5) is 3.25. The fraction of sp³-hybridized carbons (Fsp3) is 0.200. The fourth-order valence-corrected chi connectivity index (χ4v) is 2.81. The number of hydrogen-bond acceptors (Lipinski definition) is 2. The third kappa shape index (κ3) is 2.63. The Morgan fingerprint density at radius 2 is 2.11 bits per heavy atom. The predicted molar refractivity (Wildman–Crippen MR) is 78.0 cm³/mol. The minimum absolute atomic E-state index is 0.930. The van der Waals surface area contributed by atoms with E-state index in [0.717, 1.165) is 19.5 Å². The maximum Gasteiger partial charge on any atom is 0.0457 e. The lowest BCUT2D eigenvalue weighted by Gasteiger charge is -2.04. The normalized spacial score (nSPS) is 11.1. The van der Waals surface area contributed by atoms with Crippen molar-refractivity contribution in [2.24, 2.45) is 0 Å². The summed E-state index contributed by atoms with van der Waals surface area (Å²) in [6.45, 7) is 1.96. The molecule has 0 radical (unpaired) electrons. The molecule has 3 rings (SSSR count). The number of aromatic nitrogens is 1. The lowest BCUT2D eigenvalue weighted by molar-refractivity contribution is 0.688. The van der Waals surface area contributed by atoms with Gasteiger partial charge >= 0.3 is 0 Å². The van der Waals surface area contributed by atoms with E-state index in [4.69, 9.17) is 0 Å². The average Bonchev–Trinajstić information content (AvgIpc) is 3.05. The van der Waals surface area contributed by atoms with Gasteiger partial charge in [0.2, 0.25) is 0 Å². The van der Waals surface area contributed by atoms with Gasteiger partial charge in [-0.15, -0.1) is 0 Å². The maximum absolute atomic E-state index is 3.49. The zero-order valence-electron chi connectivity index (χ0n) is 10.1. The van der Waals surface area contributed by atoms with Crippen LogP contribution >= 0.6 is 11.3 Å². The first-order chi connectivity index (χ1) is 8.92. The van der Waals surface area contributed by atoms with Gasteiger partial charge in [0, 0.05) is 18.3 Å². The van der Waals surface area contributed by atoms with E-state index in [1.54, 1.807) is 11.3 Å². The van der Waals surface area contributed by atoms with Crippen LogP contribution in [0.3, 0.4) is 0 Å². The van der Waals surface area contributed by atoms with Crippen molar-refractivity contribution in [3.8, 4) is 0 Å². The highest BCUT2D eigenvalue weighted by molar-refractivity contribution is 7.07. The second-order valence-electron chi connectivity index (χ2n) is 4.46. The van der Waals surface area contributed by atoms with Crippen LogP contribution in [0.2, 0.25) is 0 Å². The Kier molecular flexibility index (Phi) is 3.44. The van der Waals surface area contributed by atoms with E-state index in [2.05, 4.69) is 51.4 Å². The largest absolute Gasteiger partial charge is 0.361 e. The summed E-state index contributed by atoms with van der Waals surface area (Å²) >= 11 is 1.76. The van der Waals surface area contributed by atoms with Crippen molar-refractivity contribution in [3.63, 3.8) is 0 Å². The second kappa shape index (κ2) is 5.38. The molecule has 0 bridgehead atoms. The third-order valence-electron chi connectivity index (χ3n) is 3.12. The molecule has 0 atom stereocenters. The molecule has 0 aliphatic heterocycles. The lowest BCUT2D eigenvalue weighted by Crippen LogP contribution is -2.16. The highest BCUT2D eigenvalue weighted by Crippen LogP contribution is 2.14. The van der Waals surface area contributed by atoms with Crippen molar-refractivity contribution >= 4 is 22.2 Å². The van der Waals surface area contributed by atoms with E-state index < -0.39 is 0 Å². The first kappa shape index (κ1) is 11.5. The topological polar surface area (TPSA) is 27.8 Å². The van der Waals surface area contributed by atoms with Crippen molar-refractivity contribution in [2.45, 2.75) is 13.0 Å². The molecule has 92 valence electrons. The summed E-state index contributed by atoms with van der Waals surface area (Å²) in [7, 11) is 0. The summed E-state index contributed by atoms with van der Waals surface area (Å²) in [5.41, 5.74) is 3.97. The first-order valence-electron chi connectivity index (χ1n) is 6.20. The van der Waals surface area contributed by atoms with Gasteiger partial charge in [0.1, 0.15) is 0 Å². The quantitative estimate of drug-likeness (QED) is 0.671. The Morgan fingerprint density at radius 1 is 1.11 bits per heavy atom. The molecule has 0 saturated carbocycles. The molecule has 3 heteroatoms. The standard InChI is InChI=1S/C15H16N2S/c1-2-14-4-7-17-15(14)9-13(1)10-16-6-3-12-5-8-18-11-12/h1-2,4-5,7-9,11,16-17H,3,6,10H2. The number of thiophene rings is 1. The Bertz CT molecular complexity index is 610. The molecule has 2 N–H and O–H groups in total. The molecular formula is C15H16N2S. The lowest BCUT2D eigenvalue weighted by atomic mass is 10.1. The van der Waals surface area contributed by atoms with E-state index in [1.807, 2.05) is 6.20 Å². The molecule has 0 aliphatic carbocycles. The molecule has 0 spiro atoms. The summed E-state index contributed by atoms with van der Waals surface area (Å²) in [6, 6.07) is 10.9. The van der Waals surface area contributed by atoms with E-state index in [0.29, 0.717) is 0 Å². The average molecular weight is 256 g/mol. The van der Waals surface area contributed by atoms with E-state index in [-0.39, 0.29) is 0 Å². The molecule has 0 fully saturated rings. The monoisotopic (exact) mass is 256 g/mol. The number of H-pyrrole nitrogens is 1. The van der Waals surface area contributed by atoms with Crippen molar-refractivity contribution in [3.05, 3.63) is 58.4 Å². The van der Waals surface area contributed by atoms with Gasteiger partial charge in [-0.05, 0) is 58.4 Å². The van der Waals surface area contributed by atoms with Crippen molar-refractivity contribution < 1.29 is 0 Å². The summed E-state index contributed by atoms with van der Waals surface area (Å²) in [5, 5.41) is 9.11. The highest BCUT2D eigenvalue weighted by Gasteiger charge is 1.97. The number of nitrogens with one attached hydrogen (secondary N) is 2. The predicted octanol–water partition coefficient (Wildman–Crippen LogP) is 3.56. The molecule has 2 heterocycles. The Labute approximate surface area is 111 Å². The number of aromatic amines is 1. The number of hydrogen-bond donors (Lipinski definition) is 2. The first-order valence-corrected chi connectivity index (χ1v) is 7.14. The summed E-state index contributed by atoms with van der Waals surface area (Å²) < 4.78 is 0. The van der Waals surface area contributed by atoms with Gasteiger partial charge in [0.15, 0.2) is 0 Å². The minimum Gasteiger partial charge on any atom is -0.361 e. The maximum atomic E-state index is 3.49. The Hall–Kier alpha value is -1.58. The van der Waals surface area contributed by atoms with Gasteiger partial charge in [-0.3, -0.25) is 0 Å². The molecule has 1 aromatic carbocycles. The van der Waals surface area contributed by atoms with Crippen LogP contribution in [0.15, 0.2) is 47.3 Å². The molecule has 3 aromatic rings. The molecule has 18 heavy (non-hydrogen) atoms. The number of benzene rings is 1. The number of fused-ring (bicyclic) bond motifs is 1. The van der Waals surface area contributed by atoms with E-state index >= 15 is 0 Å². The van der Waals surface area contributed by atoms with Crippen LogP contribution in [0.25, 0.3) is 10.9 Å². The molecule has 2 aromatic heterocycles. The van der Waals surface area contributed by atoms with Crippen LogP contribution in [0.4, 0.5) is 0 Å². The van der Waals surface area contributed by atoms with Gasteiger partial charge in [0.05, 0.1) is 0 Å². The second-order valence-corrected chi connectivity index (χ2v) is 5.24. The third-order valence-corrected chi connectivity index (χ3v) is 3.85. The molecule has 0 unspecified atom stereocenters. The van der Waals surface area contributed by atoms with Gasteiger partial charge in [-0.2, -0.15) is 11.3 Å². The van der Waals surface area contributed by atoms with E-state index in [1.165, 1.54) is 22.0 Å². The molecule has 2 nitrogen and oxygen atoms in total.